The van der Waals surface area contributed by atoms with Crippen molar-refractivity contribution in [3.8, 4) is 0 Å². The van der Waals surface area contributed by atoms with Crippen molar-refractivity contribution < 1.29 is 14.7 Å². The van der Waals surface area contributed by atoms with Gasteiger partial charge in [-0.15, -0.1) is 0 Å². The van der Waals surface area contributed by atoms with Crippen LogP contribution in [0.4, 0.5) is 0 Å². The molecule has 2 N–H and O–H groups in total. The fourth-order valence-electron chi connectivity index (χ4n) is 3.30. The number of hydrogen-bond donors (Lipinski definition) is 2. The van der Waals surface area contributed by atoms with Crippen molar-refractivity contribution in [3.63, 3.8) is 0 Å². The van der Waals surface area contributed by atoms with Gasteiger partial charge in [0.15, 0.2) is 0 Å². The van der Waals surface area contributed by atoms with Crippen molar-refractivity contribution in [3.05, 3.63) is 0 Å². The molecular weight excluding hydrogens is 270 g/mol. The number of nitrogens with one attached hydrogen (secondary N) is 1. The zero-order valence-corrected chi connectivity index (χ0v) is 13.0. The second-order valence-electron chi connectivity index (χ2n) is 6.45. The zero-order valence-electron chi connectivity index (χ0n) is 13.0. The maximum absolute atomic E-state index is 12.4. The van der Waals surface area contributed by atoms with E-state index in [4.69, 9.17) is 0 Å². The van der Waals surface area contributed by atoms with Gasteiger partial charge in [0.25, 0.3) is 0 Å². The normalized spacial score (nSPS) is 30.9. The summed E-state index contributed by atoms with van der Waals surface area (Å²) in [7, 11) is 1.86. The second-order valence-corrected chi connectivity index (χ2v) is 6.45. The van der Waals surface area contributed by atoms with Gasteiger partial charge in [-0.2, -0.15) is 0 Å². The topological polar surface area (TPSA) is 72.9 Å². The Balaban J connectivity index is 1.88. The summed E-state index contributed by atoms with van der Waals surface area (Å²) in [5.41, 5.74) is 0. The first-order chi connectivity index (χ1) is 9.99. The van der Waals surface area contributed by atoms with Crippen molar-refractivity contribution in [2.24, 2.45) is 5.92 Å². The standard InChI is InChI=1S/C15H27N3O3/c1-11-3-5-12(6-4-11)17(2)14(19)10-18-8-7-16-9-13(18)15(20)21/h11-13,16H,3-10H2,1-2H3,(H,20,21). The summed E-state index contributed by atoms with van der Waals surface area (Å²) in [5, 5.41) is 12.3. The molecular formula is C15H27N3O3. The molecule has 2 rings (SSSR count). The van der Waals surface area contributed by atoms with Gasteiger partial charge in [-0.1, -0.05) is 6.92 Å². The number of nitrogens with zero attached hydrogens (tertiary/aromatic N) is 2. The summed E-state index contributed by atoms with van der Waals surface area (Å²) in [6.45, 7) is 4.23. The number of likely N-dealkylation sites (N-methyl/N-ethyl adjacent to an activating group) is 1. The molecule has 0 bridgehead atoms. The Morgan fingerprint density at radius 2 is 1.95 bits per heavy atom. The van der Waals surface area contributed by atoms with Gasteiger partial charge in [-0.3, -0.25) is 14.5 Å². The summed E-state index contributed by atoms with van der Waals surface area (Å²) >= 11 is 0. The van der Waals surface area contributed by atoms with Crippen LogP contribution >= 0.6 is 0 Å². The van der Waals surface area contributed by atoms with Gasteiger partial charge in [0.1, 0.15) is 6.04 Å². The van der Waals surface area contributed by atoms with Gasteiger partial charge in [-0.25, -0.2) is 0 Å². The Kier molecular flexibility index (Phi) is 5.58. The highest BCUT2D eigenvalue weighted by Crippen LogP contribution is 2.26. The minimum Gasteiger partial charge on any atom is -0.480 e. The summed E-state index contributed by atoms with van der Waals surface area (Å²) in [5.74, 6) is -0.0545. The third kappa shape index (κ3) is 4.17. The molecule has 6 heteroatoms. The molecule has 21 heavy (non-hydrogen) atoms. The highest BCUT2D eigenvalue weighted by molar-refractivity contribution is 5.80. The van der Waals surface area contributed by atoms with Crippen molar-refractivity contribution in [1.82, 2.24) is 15.1 Å². The Bertz CT molecular complexity index is 380. The van der Waals surface area contributed by atoms with Gasteiger partial charge in [-0.05, 0) is 31.6 Å². The number of piperazine rings is 1. The van der Waals surface area contributed by atoms with E-state index in [1.807, 2.05) is 11.9 Å². The molecule has 6 nitrogen and oxygen atoms in total. The number of carboxylic acids is 1. The molecule has 0 aromatic rings. The first kappa shape index (κ1) is 16.2. The van der Waals surface area contributed by atoms with Gasteiger partial charge >= 0.3 is 5.97 Å². The van der Waals surface area contributed by atoms with E-state index in [0.717, 1.165) is 25.3 Å². The van der Waals surface area contributed by atoms with E-state index in [-0.39, 0.29) is 12.5 Å². The smallest absolute Gasteiger partial charge is 0.322 e. The molecule has 0 aromatic heterocycles. The highest BCUT2D eigenvalue weighted by Gasteiger charge is 2.32. The van der Waals surface area contributed by atoms with Crippen molar-refractivity contribution >= 4 is 11.9 Å². The predicted octanol–water partition coefficient (Wildman–Crippen LogP) is 0.382. The highest BCUT2D eigenvalue weighted by atomic mass is 16.4. The monoisotopic (exact) mass is 297 g/mol. The van der Waals surface area contributed by atoms with E-state index < -0.39 is 12.0 Å². The van der Waals surface area contributed by atoms with Crippen molar-refractivity contribution in [2.45, 2.75) is 44.7 Å². The van der Waals surface area contributed by atoms with Crippen LogP contribution in [0.25, 0.3) is 0 Å². The van der Waals surface area contributed by atoms with Gasteiger partial charge in [0.05, 0.1) is 6.54 Å². The van der Waals surface area contributed by atoms with Crippen LogP contribution in [-0.2, 0) is 9.59 Å². The van der Waals surface area contributed by atoms with E-state index in [1.54, 1.807) is 4.90 Å². The Morgan fingerprint density at radius 3 is 2.57 bits per heavy atom. The quantitative estimate of drug-likeness (QED) is 0.785. The molecule has 1 atom stereocenters. The van der Waals surface area contributed by atoms with Crippen LogP contribution in [0.3, 0.4) is 0 Å². The predicted molar refractivity (Wildman–Crippen MR) is 80.1 cm³/mol. The van der Waals surface area contributed by atoms with Crippen LogP contribution in [0.1, 0.15) is 32.6 Å². The Morgan fingerprint density at radius 1 is 1.29 bits per heavy atom. The molecule has 1 saturated heterocycles. The fourth-order valence-corrected chi connectivity index (χ4v) is 3.30. The van der Waals surface area contributed by atoms with Crippen LogP contribution in [0.2, 0.25) is 0 Å². The largest absolute Gasteiger partial charge is 0.480 e. The molecule has 1 saturated carbocycles. The van der Waals surface area contributed by atoms with Crippen molar-refractivity contribution in [2.75, 3.05) is 33.2 Å². The summed E-state index contributed by atoms with van der Waals surface area (Å²) in [6.07, 6.45) is 4.47. The molecule has 2 aliphatic rings. The van der Waals surface area contributed by atoms with E-state index in [1.165, 1.54) is 12.8 Å². The van der Waals surface area contributed by atoms with Gasteiger partial charge in [0, 0.05) is 32.7 Å². The number of amides is 1. The Hall–Kier alpha value is -1.14. The third-order valence-electron chi connectivity index (χ3n) is 4.90. The van der Waals surface area contributed by atoms with Crippen LogP contribution in [0.5, 0.6) is 0 Å². The van der Waals surface area contributed by atoms with E-state index in [0.29, 0.717) is 19.1 Å². The van der Waals surface area contributed by atoms with Crippen LogP contribution in [-0.4, -0.2) is 72.1 Å². The molecule has 1 aliphatic heterocycles. The molecule has 2 fully saturated rings. The lowest BCUT2D eigenvalue weighted by Gasteiger charge is -2.37. The molecule has 1 unspecified atom stereocenters. The maximum atomic E-state index is 12.4. The zero-order chi connectivity index (χ0) is 15.4. The summed E-state index contributed by atoms with van der Waals surface area (Å²) in [6, 6.07) is -0.276. The maximum Gasteiger partial charge on any atom is 0.322 e. The average Bonchev–Trinajstić information content (AvgIpc) is 2.47. The third-order valence-corrected chi connectivity index (χ3v) is 4.90. The summed E-state index contributed by atoms with van der Waals surface area (Å²) in [4.78, 5) is 27.3. The number of carbonyl (C=O) groups excluding carboxylic acids is 1. The molecule has 1 heterocycles. The van der Waals surface area contributed by atoms with E-state index >= 15 is 0 Å². The van der Waals surface area contributed by atoms with Crippen LogP contribution in [0.15, 0.2) is 0 Å². The fraction of sp³-hybridized carbons (Fsp3) is 0.867. The molecule has 1 aliphatic carbocycles. The first-order valence-corrected chi connectivity index (χ1v) is 7.92. The number of rotatable bonds is 4. The molecule has 120 valence electrons. The Labute approximate surface area is 126 Å². The lowest BCUT2D eigenvalue weighted by Crippen LogP contribution is -2.57. The van der Waals surface area contributed by atoms with E-state index in [9.17, 15) is 14.7 Å². The van der Waals surface area contributed by atoms with E-state index in [2.05, 4.69) is 12.2 Å². The lowest BCUT2D eigenvalue weighted by molar-refractivity contribution is -0.145. The van der Waals surface area contributed by atoms with Crippen LogP contribution < -0.4 is 5.32 Å². The second kappa shape index (κ2) is 7.22. The van der Waals surface area contributed by atoms with Gasteiger partial charge < -0.3 is 15.3 Å². The molecule has 0 spiro atoms. The molecule has 1 amide bonds. The van der Waals surface area contributed by atoms with Crippen LogP contribution in [0, 0.1) is 5.92 Å². The van der Waals surface area contributed by atoms with Crippen molar-refractivity contribution in [1.29, 1.82) is 0 Å². The first-order valence-electron chi connectivity index (χ1n) is 7.92. The number of aliphatic carboxylic acids is 1. The SMILES string of the molecule is CC1CCC(N(C)C(=O)CN2CCNCC2C(=O)O)CC1. The number of hydrogen-bond acceptors (Lipinski definition) is 4. The number of carboxylic acid groups (broad SMARTS) is 1. The summed E-state index contributed by atoms with van der Waals surface area (Å²) < 4.78 is 0. The minimum atomic E-state index is -0.857. The average molecular weight is 297 g/mol. The lowest BCUT2D eigenvalue weighted by atomic mass is 9.87. The molecule has 0 radical (unpaired) electrons. The minimum absolute atomic E-state index is 0.0442. The number of carbonyl (C=O) groups is 2. The van der Waals surface area contributed by atoms with Gasteiger partial charge in [0.2, 0.25) is 5.91 Å². The molecule has 0 aromatic carbocycles.